The fourth-order valence-electron chi connectivity index (χ4n) is 15.6. The lowest BCUT2D eigenvalue weighted by Gasteiger charge is -2.55. The first-order chi connectivity index (χ1) is 58.1. The number of halogens is 3. The third kappa shape index (κ3) is 31.3. The molecule has 1 aliphatic heterocycles. The van der Waals surface area contributed by atoms with Gasteiger partial charge in [-0.15, -0.1) is 0 Å². The molecule has 1 unspecified atom stereocenters. The summed E-state index contributed by atoms with van der Waals surface area (Å²) in [6.07, 6.45) is 21.6. The van der Waals surface area contributed by atoms with Crippen molar-refractivity contribution in [2.24, 2.45) is 23.2 Å². The smallest absolute Gasteiger partial charge is 0.422 e. The molecule has 1 aromatic heterocycles. The van der Waals surface area contributed by atoms with Crippen molar-refractivity contribution >= 4 is 66.9 Å². The Morgan fingerprint density at radius 3 is 1.25 bits per heavy atom. The lowest BCUT2D eigenvalue weighted by atomic mass is 9.49. The molecule has 4 bridgehead atoms. The molecule has 9 aromatic carbocycles. The number of imidazole rings is 1. The minimum atomic E-state index is -5.19. The molecule has 120 heavy (non-hydrogen) atoms. The van der Waals surface area contributed by atoms with Crippen LogP contribution in [-0.4, -0.2) is 120 Å². The second-order valence-corrected chi connectivity index (χ2v) is 36.6. The number of hydrogen-bond donors (Lipinski definition) is 1. The number of aliphatic carboxylic acids is 1. The summed E-state index contributed by atoms with van der Waals surface area (Å²) in [7, 11) is -4.33. The van der Waals surface area contributed by atoms with Gasteiger partial charge in [-0.3, -0.25) is 14.5 Å². The van der Waals surface area contributed by atoms with Gasteiger partial charge < -0.3 is 38.5 Å². The highest BCUT2D eigenvalue weighted by molar-refractivity contribution is 7.97. The van der Waals surface area contributed by atoms with Crippen LogP contribution in [0.25, 0.3) is 22.4 Å². The monoisotopic (exact) mass is 1700 g/mol. The third-order valence-corrected chi connectivity index (χ3v) is 26.7. The Balaban J connectivity index is 0.000000167. The number of carbonyl (C=O) groups is 4. The molecule has 1 saturated heterocycles. The van der Waals surface area contributed by atoms with Crippen LogP contribution in [0.15, 0.2) is 296 Å². The number of carbonyl (C=O) groups excluding carboxylic acids is 4. The van der Waals surface area contributed by atoms with Crippen molar-refractivity contribution in [3.8, 4) is 11.4 Å². The number of unbranched alkanes of at least 4 members (excludes halogenated alkanes) is 14. The van der Waals surface area contributed by atoms with Gasteiger partial charge in [0.2, 0.25) is 0 Å². The van der Waals surface area contributed by atoms with Crippen molar-refractivity contribution in [2.45, 2.75) is 203 Å². The van der Waals surface area contributed by atoms with Gasteiger partial charge in [0.1, 0.15) is 19.8 Å². The van der Waals surface area contributed by atoms with Gasteiger partial charge in [-0.2, -0.15) is 13.2 Å². The Hall–Kier alpha value is -9.39. The summed E-state index contributed by atoms with van der Waals surface area (Å²) in [6, 6.07) is 91.2. The Morgan fingerprint density at radius 1 is 0.508 bits per heavy atom. The second-order valence-electron chi connectivity index (χ2n) is 31.0. The van der Waals surface area contributed by atoms with E-state index in [4.69, 9.17) is 24.1 Å². The lowest BCUT2D eigenvalue weighted by Crippen LogP contribution is -2.56. The highest BCUT2D eigenvalue weighted by atomic mass is 32.2. The Bertz CT molecular complexity index is 4370. The summed E-state index contributed by atoms with van der Waals surface area (Å²) in [6.45, 7) is 7.19. The zero-order chi connectivity index (χ0) is 85.3. The van der Waals surface area contributed by atoms with E-state index in [0.29, 0.717) is 36.6 Å². The van der Waals surface area contributed by atoms with Crippen LogP contribution in [0.3, 0.4) is 0 Å². The molecule has 0 amide bonds. The maximum absolute atomic E-state index is 12.8. The van der Waals surface area contributed by atoms with Gasteiger partial charge in [-0.05, 0) is 160 Å². The van der Waals surface area contributed by atoms with Crippen LogP contribution in [0.5, 0.6) is 0 Å². The molecule has 0 radical (unpaired) electrons. The molecule has 5 aliphatic rings. The first kappa shape index (κ1) is 94.5. The minimum Gasteiger partial charge on any atom is -0.748 e. The van der Waals surface area contributed by atoms with Gasteiger partial charge in [-0.25, -0.2) is 22.8 Å². The number of esters is 2. The average Bonchev–Trinajstić information content (AvgIpc) is 0.820. The van der Waals surface area contributed by atoms with Crippen LogP contribution in [0.4, 0.5) is 18.0 Å². The number of alkyl halides is 3. The number of morpholine rings is 1. The number of aromatic nitrogens is 2. The number of fused-ring (bicyclic) bond motifs is 1. The fourth-order valence-corrected chi connectivity index (χ4v) is 20.1. The zero-order valence-corrected chi connectivity index (χ0v) is 71.6. The van der Waals surface area contributed by atoms with Crippen molar-refractivity contribution < 1.29 is 74.5 Å². The van der Waals surface area contributed by atoms with Crippen LogP contribution in [-0.2, 0) is 71.8 Å². The van der Waals surface area contributed by atoms with E-state index in [1.807, 2.05) is 84.9 Å². The zero-order valence-electron chi connectivity index (χ0n) is 69.1. The minimum absolute atomic E-state index is 0.0146. The van der Waals surface area contributed by atoms with E-state index in [-0.39, 0.29) is 59.3 Å². The van der Waals surface area contributed by atoms with Crippen LogP contribution in [0, 0.1) is 23.2 Å². The number of nitrogens with zero attached hydrogens (tertiary/aromatic N) is 3. The summed E-state index contributed by atoms with van der Waals surface area (Å²) in [5.74, 6) is -0.963. The summed E-state index contributed by atoms with van der Waals surface area (Å²) in [5, 5.41) is 17.7. The van der Waals surface area contributed by atoms with Gasteiger partial charge in [0.05, 0.1) is 73.3 Å². The molecule has 4 aliphatic carbocycles. The molecular formula is C98H116F3N3O13S3. The van der Waals surface area contributed by atoms with Gasteiger partial charge in [-0.1, -0.05) is 279 Å². The van der Waals surface area contributed by atoms with Crippen LogP contribution >= 0.6 is 0 Å². The quantitative estimate of drug-likeness (QED) is 0.0133. The van der Waals surface area contributed by atoms with E-state index in [2.05, 4.69) is 199 Å². The summed E-state index contributed by atoms with van der Waals surface area (Å²) >= 11 is 0. The molecule has 2 heterocycles. The Labute approximate surface area is 713 Å². The van der Waals surface area contributed by atoms with Gasteiger partial charge in [0.25, 0.3) is 0 Å². The summed E-state index contributed by atoms with van der Waals surface area (Å²) in [4.78, 5) is 61.5. The Kier molecular flexibility index (Phi) is 39.5. The normalized spacial score (nSPS) is 17.0. The van der Waals surface area contributed by atoms with E-state index < -0.39 is 39.7 Å². The molecule has 640 valence electrons. The molecule has 15 rings (SSSR count). The number of benzene rings is 9. The molecule has 22 heteroatoms. The SMILES string of the molecule is CC(O)(C(=O)[O-])C(F)(F)F.CCCCCCCCCCCCCCCCCC(=O)OCCN1CCOCC1.O=C(OCCS(=O)(=O)[O-])C12CC3CC(CC(C3)C1)C2.O=C(OCc1ccccc1)n1c(-c2ccccc2)nc2ccccc21.c1ccc([S+](c2ccccc2)c2ccccc2)cc1.c1ccc([S+](c2ccccc2)c2ccccc2)cc1. The molecule has 16 nitrogen and oxygen atoms in total. The predicted molar refractivity (Wildman–Crippen MR) is 466 cm³/mol. The molecule has 1 atom stereocenters. The van der Waals surface area contributed by atoms with Crippen molar-refractivity contribution in [1.29, 1.82) is 0 Å². The maximum Gasteiger partial charge on any atom is 0.422 e. The molecule has 5 fully saturated rings. The van der Waals surface area contributed by atoms with Crippen LogP contribution in [0.1, 0.15) is 161 Å². The van der Waals surface area contributed by atoms with Crippen molar-refractivity contribution in [2.75, 3.05) is 51.8 Å². The largest absolute Gasteiger partial charge is 0.748 e. The maximum atomic E-state index is 12.8. The Morgan fingerprint density at radius 2 is 0.875 bits per heavy atom. The molecular weight excluding hydrogens is 1580 g/mol. The van der Waals surface area contributed by atoms with Gasteiger partial charge in [0, 0.05) is 31.6 Å². The number of aliphatic hydroxyl groups is 1. The predicted octanol–water partition coefficient (Wildman–Crippen LogP) is 20.9. The molecule has 4 saturated carbocycles. The molecule has 0 spiro atoms. The topological polar surface area (TPSA) is 227 Å². The number of carboxylic acid groups (broad SMARTS) is 1. The number of para-hydroxylation sites is 2. The second kappa shape index (κ2) is 50.1. The van der Waals surface area contributed by atoms with Crippen molar-refractivity contribution in [3.63, 3.8) is 0 Å². The lowest BCUT2D eigenvalue weighted by molar-refractivity contribution is -0.351. The first-order valence-electron chi connectivity index (χ1n) is 42.2. The number of rotatable bonds is 33. The van der Waals surface area contributed by atoms with Gasteiger partial charge >= 0.3 is 24.2 Å². The van der Waals surface area contributed by atoms with E-state index in [0.717, 1.165) is 87.1 Å². The molecule has 1 N–H and O–H groups in total. The van der Waals surface area contributed by atoms with Crippen LogP contribution < -0.4 is 5.11 Å². The van der Waals surface area contributed by atoms with E-state index in [1.54, 1.807) is 0 Å². The van der Waals surface area contributed by atoms with E-state index in [9.17, 15) is 50.4 Å². The highest BCUT2D eigenvalue weighted by Crippen LogP contribution is 2.60. The highest BCUT2D eigenvalue weighted by Gasteiger charge is 2.56. The average molecular weight is 1700 g/mol. The number of carboxylic acids is 1. The van der Waals surface area contributed by atoms with E-state index in [1.165, 1.54) is 137 Å². The van der Waals surface area contributed by atoms with E-state index >= 15 is 0 Å². The third-order valence-electron chi connectivity index (χ3n) is 21.6. The molecule has 10 aromatic rings. The van der Waals surface area contributed by atoms with Gasteiger partial charge in [0.15, 0.2) is 40.8 Å². The number of hydrogen-bond acceptors (Lipinski definition) is 15. The number of ether oxygens (including phenoxy) is 4. The standard InChI is InChI=1S/C24H47NO3.C21H16N2O2.2C18H15S.C13H20O5S.C4H5F3O3/c1-2-3-4-5-6-7-8-9-10-11-12-13-14-15-16-17-24(26)28-23-20-25-18-21-27-22-19-25;24-21(25-15-16-9-3-1-4-10-16)23-19-14-8-7-13-18(19)22-20(23)17-11-5-2-6-12-17;2*1-4-10-16(11-5-1)19(17-12-6-2-7-13-17)18-14-8-3-9-15-18;14-12(18-1-2-19(15,16)17)13-6-9-3-10(7-13)5-11(4-9)8-13;1-3(10,2(8)9)4(5,6)7/h2-23H2,1H3;1-14H,15H2;2*1-15H;9-11H,1-8H2,(H,15,16,17);10H,1H3,(H,8,9)/q;;2*+1;;/p-2. The fraction of sp³-hybridized carbons (Fsp3) is 0.398. The van der Waals surface area contributed by atoms with Crippen molar-refractivity contribution in [1.82, 2.24) is 14.5 Å². The summed E-state index contributed by atoms with van der Waals surface area (Å²) in [5.41, 5.74) is -0.816. The summed E-state index contributed by atoms with van der Waals surface area (Å²) < 4.78 is 88.6. The van der Waals surface area contributed by atoms with Crippen LogP contribution in [0.2, 0.25) is 0 Å². The van der Waals surface area contributed by atoms with Crippen molar-refractivity contribution in [3.05, 3.63) is 272 Å². The first-order valence-corrected chi connectivity index (χ1v) is 46.2.